The van der Waals surface area contributed by atoms with Gasteiger partial charge >= 0.3 is 0 Å². The second-order valence-electron chi connectivity index (χ2n) is 2.86. The predicted molar refractivity (Wildman–Crippen MR) is 53.8 cm³/mol. The molecule has 0 amide bonds. The molecule has 0 aliphatic rings. The zero-order valence-corrected chi connectivity index (χ0v) is 8.45. The number of Topliss-reactive ketones (excluding diaryl/α,β-unsaturated/α-hetero) is 1. The summed E-state index contributed by atoms with van der Waals surface area (Å²) in [5.74, 6) is 1.48. The van der Waals surface area contributed by atoms with E-state index in [0.29, 0.717) is 12.2 Å². The number of carbonyl (C=O) groups excluding carboxylic acids is 1. The molecule has 0 unspecified atom stereocenters. The summed E-state index contributed by atoms with van der Waals surface area (Å²) in [6, 6.07) is 7.20. The molecule has 0 spiro atoms. The molecule has 3 heteroatoms. The summed E-state index contributed by atoms with van der Waals surface area (Å²) < 4.78 is 10.3. The number of carbonyl (C=O) groups is 1. The molecular formula is C11H14O3. The lowest BCUT2D eigenvalue weighted by molar-refractivity contribution is -0.120. The van der Waals surface area contributed by atoms with Crippen LogP contribution in [0.1, 0.15) is 13.3 Å². The fourth-order valence-electron chi connectivity index (χ4n) is 0.957. The second-order valence-corrected chi connectivity index (χ2v) is 2.86. The van der Waals surface area contributed by atoms with Crippen LogP contribution < -0.4 is 9.47 Å². The predicted octanol–water partition coefficient (Wildman–Crippen LogP) is 2.05. The minimum atomic E-state index is 0.0906. The van der Waals surface area contributed by atoms with Gasteiger partial charge in [0, 0.05) is 12.5 Å². The van der Waals surface area contributed by atoms with E-state index < -0.39 is 0 Å². The maximum atomic E-state index is 11.0. The lowest BCUT2D eigenvalue weighted by atomic mass is 10.3. The van der Waals surface area contributed by atoms with Crippen LogP contribution in [0.3, 0.4) is 0 Å². The lowest BCUT2D eigenvalue weighted by Crippen LogP contribution is -2.09. The molecule has 0 aliphatic carbocycles. The monoisotopic (exact) mass is 194 g/mol. The quantitative estimate of drug-likeness (QED) is 0.719. The van der Waals surface area contributed by atoms with Gasteiger partial charge in [-0.05, 0) is 12.1 Å². The molecule has 1 aromatic carbocycles. The molecule has 1 aromatic rings. The van der Waals surface area contributed by atoms with Gasteiger partial charge in [-0.15, -0.1) is 0 Å². The van der Waals surface area contributed by atoms with Gasteiger partial charge in [-0.25, -0.2) is 0 Å². The first-order valence-corrected chi connectivity index (χ1v) is 4.54. The van der Waals surface area contributed by atoms with Crippen LogP contribution in [-0.4, -0.2) is 19.5 Å². The zero-order valence-electron chi connectivity index (χ0n) is 8.45. The maximum Gasteiger partial charge on any atom is 0.169 e. The molecule has 0 heterocycles. The summed E-state index contributed by atoms with van der Waals surface area (Å²) in [7, 11) is 1.59. The van der Waals surface area contributed by atoms with Crippen molar-refractivity contribution in [1.82, 2.24) is 0 Å². The molecule has 0 fully saturated rings. The smallest absolute Gasteiger partial charge is 0.169 e. The molecule has 0 aliphatic heterocycles. The third-order valence-corrected chi connectivity index (χ3v) is 1.84. The summed E-state index contributed by atoms with van der Waals surface area (Å²) in [5, 5.41) is 0. The van der Waals surface area contributed by atoms with Gasteiger partial charge in [-0.3, -0.25) is 4.79 Å². The van der Waals surface area contributed by atoms with E-state index in [4.69, 9.17) is 9.47 Å². The Kier molecular flexibility index (Phi) is 3.98. The third kappa shape index (κ3) is 3.09. The minimum Gasteiger partial charge on any atom is -0.497 e. The van der Waals surface area contributed by atoms with Crippen LogP contribution in [-0.2, 0) is 4.79 Å². The van der Waals surface area contributed by atoms with Crippen molar-refractivity contribution in [3.05, 3.63) is 24.3 Å². The standard InChI is InChI=1S/C11H14O3/c1-3-9(12)8-14-11-6-4-5-10(7-11)13-2/h4-7H,3,8H2,1-2H3. The van der Waals surface area contributed by atoms with Crippen molar-refractivity contribution < 1.29 is 14.3 Å². The number of benzene rings is 1. The average molecular weight is 194 g/mol. The molecule has 0 saturated heterocycles. The average Bonchev–Trinajstić information content (AvgIpc) is 2.26. The van der Waals surface area contributed by atoms with Crippen LogP contribution in [0.2, 0.25) is 0 Å². The highest BCUT2D eigenvalue weighted by atomic mass is 16.5. The molecular weight excluding hydrogens is 180 g/mol. The minimum absolute atomic E-state index is 0.0906. The number of hydrogen-bond donors (Lipinski definition) is 0. The Bertz CT molecular complexity index is 307. The largest absolute Gasteiger partial charge is 0.497 e. The van der Waals surface area contributed by atoms with E-state index in [0.717, 1.165) is 5.75 Å². The van der Waals surface area contributed by atoms with Crippen molar-refractivity contribution in [1.29, 1.82) is 0 Å². The van der Waals surface area contributed by atoms with Crippen molar-refractivity contribution in [2.24, 2.45) is 0 Å². The molecule has 14 heavy (non-hydrogen) atoms. The first-order chi connectivity index (χ1) is 6.76. The molecule has 0 atom stereocenters. The summed E-state index contributed by atoms with van der Waals surface area (Å²) in [6.45, 7) is 1.95. The fraction of sp³-hybridized carbons (Fsp3) is 0.364. The number of ketones is 1. The highest BCUT2D eigenvalue weighted by molar-refractivity contribution is 5.79. The summed E-state index contributed by atoms with van der Waals surface area (Å²) in [5.41, 5.74) is 0. The van der Waals surface area contributed by atoms with Gasteiger partial charge < -0.3 is 9.47 Å². The van der Waals surface area contributed by atoms with Gasteiger partial charge in [0.1, 0.15) is 18.1 Å². The van der Waals surface area contributed by atoms with Gasteiger partial charge in [-0.2, -0.15) is 0 Å². The third-order valence-electron chi connectivity index (χ3n) is 1.84. The number of rotatable bonds is 5. The van der Waals surface area contributed by atoms with Crippen LogP contribution in [0, 0.1) is 0 Å². The zero-order chi connectivity index (χ0) is 10.4. The second kappa shape index (κ2) is 5.27. The van der Waals surface area contributed by atoms with Crippen LogP contribution >= 0.6 is 0 Å². The Morgan fingerprint density at radius 3 is 2.71 bits per heavy atom. The maximum absolute atomic E-state index is 11.0. The van der Waals surface area contributed by atoms with Crippen LogP contribution in [0.4, 0.5) is 0 Å². The topological polar surface area (TPSA) is 35.5 Å². The van der Waals surface area contributed by atoms with Crippen molar-refractivity contribution in [3.63, 3.8) is 0 Å². The van der Waals surface area contributed by atoms with E-state index >= 15 is 0 Å². The van der Waals surface area contributed by atoms with Gasteiger partial charge in [0.2, 0.25) is 0 Å². The fourth-order valence-corrected chi connectivity index (χ4v) is 0.957. The van der Waals surface area contributed by atoms with Crippen molar-refractivity contribution in [3.8, 4) is 11.5 Å². The van der Waals surface area contributed by atoms with Crippen LogP contribution in [0.5, 0.6) is 11.5 Å². The Morgan fingerprint density at radius 1 is 1.36 bits per heavy atom. The highest BCUT2D eigenvalue weighted by Gasteiger charge is 2.00. The van der Waals surface area contributed by atoms with E-state index in [1.54, 1.807) is 19.2 Å². The first kappa shape index (κ1) is 10.6. The van der Waals surface area contributed by atoms with Crippen molar-refractivity contribution >= 4 is 5.78 Å². The first-order valence-electron chi connectivity index (χ1n) is 4.54. The molecule has 0 N–H and O–H groups in total. The normalized spacial score (nSPS) is 9.57. The number of hydrogen-bond acceptors (Lipinski definition) is 3. The van der Waals surface area contributed by atoms with Crippen LogP contribution in [0.15, 0.2) is 24.3 Å². The van der Waals surface area contributed by atoms with E-state index in [2.05, 4.69) is 0 Å². The summed E-state index contributed by atoms with van der Waals surface area (Å²) >= 11 is 0. The molecule has 3 nitrogen and oxygen atoms in total. The molecule has 0 saturated carbocycles. The molecule has 76 valence electrons. The Hall–Kier alpha value is -1.51. The Labute approximate surface area is 83.6 Å². The van der Waals surface area contributed by atoms with E-state index in [1.165, 1.54) is 0 Å². The van der Waals surface area contributed by atoms with Gasteiger partial charge in [-0.1, -0.05) is 13.0 Å². The summed E-state index contributed by atoms with van der Waals surface area (Å²) in [4.78, 5) is 11.0. The van der Waals surface area contributed by atoms with Gasteiger partial charge in [0.15, 0.2) is 5.78 Å². The van der Waals surface area contributed by atoms with E-state index in [9.17, 15) is 4.79 Å². The van der Waals surface area contributed by atoms with Crippen molar-refractivity contribution in [2.45, 2.75) is 13.3 Å². The molecule has 0 radical (unpaired) electrons. The lowest BCUT2D eigenvalue weighted by Gasteiger charge is -2.05. The molecule has 0 aromatic heterocycles. The Morgan fingerprint density at radius 2 is 2.07 bits per heavy atom. The molecule has 1 rings (SSSR count). The number of methoxy groups -OCH3 is 1. The van der Waals surface area contributed by atoms with Crippen molar-refractivity contribution in [2.75, 3.05) is 13.7 Å². The SMILES string of the molecule is CCC(=O)COc1cccc(OC)c1. The van der Waals surface area contributed by atoms with Gasteiger partial charge in [0.25, 0.3) is 0 Å². The van der Waals surface area contributed by atoms with Crippen LogP contribution in [0.25, 0.3) is 0 Å². The van der Waals surface area contributed by atoms with Gasteiger partial charge in [0.05, 0.1) is 7.11 Å². The highest BCUT2D eigenvalue weighted by Crippen LogP contribution is 2.18. The number of ether oxygens (including phenoxy) is 2. The molecule has 0 bridgehead atoms. The van der Waals surface area contributed by atoms with E-state index in [-0.39, 0.29) is 12.4 Å². The summed E-state index contributed by atoms with van der Waals surface area (Å²) in [6.07, 6.45) is 0.504. The Balaban J connectivity index is 2.54. The van der Waals surface area contributed by atoms with E-state index in [1.807, 2.05) is 19.1 Å².